The SMILES string of the molecule is CC(C)OC(=O)COc1cccc(N)c1.CC(C)OC(=O)COc1cccc(N=C2CCCc3ccc(-c4cccc(F)c4)cc32)c1.O=C1CCCc2ccc(-c3cccc(F)c3)cc21. The van der Waals surface area contributed by atoms with Crippen molar-refractivity contribution in [2.75, 3.05) is 18.9 Å². The van der Waals surface area contributed by atoms with E-state index in [4.69, 9.17) is 29.7 Å². The minimum Gasteiger partial charge on any atom is -0.482 e. The van der Waals surface area contributed by atoms with E-state index in [0.717, 1.165) is 82.4 Å². The lowest BCUT2D eigenvalue weighted by molar-refractivity contribution is -0.150. The molecule has 6 aromatic rings. The highest BCUT2D eigenvalue weighted by molar-refractivity contribution is 6.05. The highest BCUT2D eigenvalue weighted by Crippen LogP contribution is 2.31. The van der Waals surface area contributed by atoms with Crippen LogP contribution in [0, 0.1) is 11.6 Å². The molecule has 8 rings (SSSR count). The van der Waals surface area contributed by atoms with Gasteiger partial charge in [0.1, 0.15) is 23.1 Å². The topological polar surface area (TPSA) is 127 Å². The van der Waals surface area contributed by atoms with Gasteiger partial charge in [0, 0.05) is 35.5 Å². The van der Waals surface area contributed by atoms with E-state index in [0.29, 0.717) is 23.6 Å². The number of anilines is 1. The summed E-state index contributed by atoms with van der Waals surface area (Å²) in [5.41, 5.74) is 15.7. The fourth-order valence-corrected chi connectivity index (χ4v) is 7.36. The number of benzene rings is 6. The lowest BCUT2D eigenvalue weighted by Crippen LogP contribution is -2.18. The van der Waals surface area contributed by atoms with E-state index in [1.165, 1.54) is 23.8 Å². The van der Waals surface area contributed by atoms with Crippen molar-refractivity contribution < 1.29 is 42.1 Å². The number of nitrogens with zero attached hydrogens (tertiary/aromatic N) is 1. The van der Waals surface area contributed by atoms with Gasteiger partial charge in [-0.3, -0.25) is 9.79 Å². The van der Waals surface area contributed by atoms with Crippen LogP contribution in [0.3, 0.4) is 0 Å². The van der Waals surface area contributed by atoms with Crippen LogP contribution in [-0.2, 0) is 31.9 Å². The molecule has 11 heteroatoms. The van der Waals surface area contributed by atoms with E-state index in [-0.39, 0.29) is 48.8 Å². The van der Waals surface area contributed by atoms with Gasteiger partial charge in [0.05, 0.1) is 17.9 Å². The molecule has 0 unspecified atom stereocenters. The summed E-state index contributed by atoms with van der Waals surface area (Å²) in [4.78, 5) is 39.6. The van der Waals surface area contributed by atoms with Crippen LogP contribution < -0.4 is 15.2 Å². The minimum atomic E-state index is -0.400. The number of Topliss-reactive ketones (excluding diaryl/α,β-unsaturated/α-hetero) is 1. The minimum absolute atomic E-state index is 0.0956. The van der Waals surface area contributed by atoms with Crippen LogP contribution in [0.5, 0.6) is 11.5 Å². The molecule has 0 radical (unpaired) electrons. The van der Waals surface area contributed by atoms with E-state index in [1.54, 1.807) is 76.2 Å². The average Bonchev–Trinajstić information content (AvgIpc) is 3.28. The summed E-state index contributed by atoms with van der Waals surface area (Å²) in [7, 11) is 0. The molecule has 0 aromatic heterocycles. The first-order chi connectivity index (χ1) is 31.3. The van der Waals surface area contributed by atoms with Gasteiger partial charge < -0.3 is 24.7 Å². The summed E-state index contributed by atoms with van der Waals surface area (Å²) in [6.07, 6.45) is 5.12. The monoisotopic (exact) mass is 880 g/mol. The second-order valence-corrected chi connectivity index (χ2v) is 16.2. The maximum Gasteiger partial charge on any atom is 0.344 e. The number of rotatable bonds is 11. The fourth-order valence-electron chi connectivity index (χ4n) is 7.36. The van der Waals surface area contributed by atoms with Crippen molar-refractivity contribution in [3.63, 3.8) is 0 Å². The van der Waals surface area contributed by atoms with Crippen LogP contribution in [-0.4, -0.2) is 48.9 Å². The first-order valence-electron chi connectivity index (χ1n) is 21.8. The highest BCUT2D eigenvalue weighted by Gasteiger charge is 2.19. The van der Waals surface area contributed by atoms with Gasteiger partial charge >= 0.3 is 11.9 Å². The Hall–Kier alpha value is -7.14. The Kier molecular flexibility index (Phi) is 16.7. The second-order valence-electron chi connectivity index (χ2n) is 16.2. The number of nitrogen functional groups attached to an aromatic ring is 1. The van der Waals surface area contributed by atoms with Gasteiger partial charge in [-0.25, -0.2) is 18.4 Å². The van der Waals surface area contributed by atoms with Gasteiger partial charge in [-0.05, 0) is 159 Å². The fraction of sp³-hybridized carbons (Fsp3) is 0.259. The molecular formula is C54H54F2N2O7. The Morgan fingerprint density at radius 1 is 0.569 bits per heavy atom. The van der Waals surface area contributed by atoms with E-state index < -0.39 is 5.97 Å². The van der Waals surface area contributed by atoms with Crippen LogP contribution in [0.2, 0.25) is 0 Å². The number of carbonyl (C=O) groups excluding carboxylic acids is 3. The highest BCUT2D eigenvalue weighted by atomic mass is 19.1. The molecule has 0 spiro atoms. The number of aliphatic imine (C=N–C) groups is 1. The summed E-state index contributed by atoms with van der Waals surface area (Å²) >= 11 is 0. The molecule has 0 aliphatic heterocycles. The summed E-state index contributed by atoms with van der Waals surface area (Å²) < 4.78 is 47.7. The zero-order chi connectivity index (χ0) is 46.3. The number of carbonyl (C=O) groups is 3. The number of ether oxygens (including phenoxy) is 4. The van der Waals surface area contributed by atoms with Crippen molar-refractivity contribution in [1.29, 1.82) is 0 Å². The maximum absolute atomic E-state index is 13.7. The molecule has 65 heavy (non-hydrogen) atoms. The number of hydrogen-bond donors (Lipinski definition) is 1. The van der Waals surface area contributed by atoms with E-state index in [9.17, 15) is 23.2 Å². The number of fused-ring (bicyclic) bond motifs is 2. The molecule has 0 atom stereocenters. The second kappa shape index (κ2) is 23.0. The van der Waals surface area contributed by atoms with Crippen molar-refractivity contribution in [2.24, 2.45) is 4.99 Å². The van der Waals surface area contributed by atoms with Crippen LogP contribution in [0.15, 0.2) is 138 Å². The van der Waals surface area contributed by atoms with Crippen molar-refractivity contribution in [3.8, 4) is 33.8 Å². The molecular weight excluding hydrogens is 827 g/mol. The lowest BCUT2D eigenvalue weighted by atomic mass is 9.87. The number of esters is 2. The van der Waals surface area contributed by atoms with Crippen LogP contribution in [0.1, 0.15) is 80.4 Å². The molecule has 9 nitrogen and oxygen atoms in total. The molecule has 0 saturated heterocycles. The number of hydrogen-bond acceptors (Lipinski definition) is 9. The smallest absolute Gasteiger partial charge is 0.344 e. The normalized spacial score (nSPS) is 13.4. The van der Waals surface area contributed by atoms with Crippen LogP contribution in [0.25, 0.3) is 22.3 Å². The predicted molar refractivity (Wildman–Crippen MR) is 251 cm³/mol. The molecule has 336 valence electrons. The first kappa shape index (κ1) is 47.3. The molecule has 2 aliphatic rings. The third-order valence-electron chi connectivity index (χ3n) is 10.2. The molecule has 0 saturated carbocycles. The molecule has 2 aliphatic carbocycles. The van der Waals surface area contributed by atoms with Gasteiger partial charge in [-0.1, -0.05) is 60.7 Å². The Bertz CT molecular complexity index is 2640. The van der Waals surface area contributed by atoms with Crippen molar-refractivity contribution in [3.05, 3.63) is 167 Å². The third kappa shape index (κ3) is 14.4. The standard InChI is InChI=1S/C27H26FNO3.C16H13FO.C11H15NO3/c1-18(2)32-27(30)17-31-24-10-5-9-23(16-24)29-26-11-4-6-19-12-13-21(15-25(19)26)20-7-3-8-22(28)14-20;17-14-5-1-4-12(9-14)13-8-7-11-3-2-6-16(18)15(11)10-13;1-8(2)15-11(13)7-14-10-5-3-4-9(12)6-10/h3,5,7-10,12-16,18H,4,6,11,17H2,1-2H3;1,4-5,7-10H,2-3,6H2;3-6,8H,7,12H2,1-2H3. The van der Waals surface area contributed by atoms with Crippen molar-refractivity contribution in [2.45, 2.75) is 78.4 Å². The number of ketones is 1. The number of nitrogens with two attached hydrogens (primary N) is 1. The van der Waals surface area contributed by atoms with Gasteiger partial charge in [-0.2, -0.15) is 0 Å². The van der Waals surface area contributed by atoms with Crippen molar-refractivity contribution in [1.82, 2.24) is 0 Å². The van der Waals surface area contributed by atoms with Crippen LogP contribution in [0.4, 0.5) is 20.2 Å². The third-order valence-corrected chi connectivity index (χ3v) is 10.2. The summed E-state index contributed by atoms with van der Waals surface area (Å²) in [6, 6.07) is 39.5. The molecule has 6 aromatic carbocycles. The lowest BCUT2D eigenvalue weighted by Gasteiger charge is -2.19. The zero-order valence-electron chi connectivity index (χ0n) is 37.2. The van der Waals surface area contributed by atoms with Crippen LogP contribution >= 0.6 is 0 Å². The largest absolute Gasteiger partial charge is 0.482 e. The Labute approximate surface area is 379 Å². The van der Waals surface area contributed by atoms with Gasteiger partial charge in [-0.15, -0.1) is 0 Å². The number of aryl methyl sites for hydroxylation is 2. The quantitative estimate of drug-likeness (QED) is 0.101. The molecule has 0 bridgehead atoms. The van der Waals surface area contributed by atoms with Crippen molar-refractivity contribution >= 4 is 34.8 Å². The Morgan fingerprint density at radius 2 is 1.06 bits per heavy atom. The summed E-state index contributed by atoms with van der Waals surface area (Å²) in [5, 5.41) is 0. The number of halogens is 2. The predicted octanol–water partition coefficient (Wildman–Crippen LogP) is 11.9. The Morgan fingerprint density at radius 3 is 1.62 bits per heavy atom. The molecule has 0 amide bonds. The zero-order valence-corrected chi connectivity index (χ0v) is 37.2. The van der Waals surface area contributed by atoms with Gasteiger partial charge in [0.15, 0.2) is 19.0 Å². The van der Waals surface area contributed by atoms with Gasteiger partial charge in [0.25, 0.3) is 0 Å². The van der Waals surface area contributed by atoms with E-state index in [2.05, 4.69) is 12.1 Å². The summed E-state index contributed by atoms with van der Waals surface area (Å²) in [6.45, 7) is 6.95. The average molecular weight is 881 g/mol. The molecule has 2 N–H and O–H groups in total. The maximum atomic E-state index is 13.7. The first-order valence-corrected chi connectivity index (χ1v) is 21.8. The molecule has 0 fully saturated rings. The van der Waals surface area contributed by atoms with Gasteiger partial charge in [0.2, 0.25) is 0 Å². The van der Waals surface area contributed by atoms with E-state index in [1.807, 2.05) is 54.6 Å². The van der Waals surface area contributed by atoms with E-state index >= 15 is 0 Å². The Balaban J connectivity index is 0.000000179. The summed E-state index contributed by atoms with van der Waals surface area (Å²) in [5.74, 6) is 0.0530. The molecule has 0 heterocycles.